The molecule has 3 aromatic carbocycles. The summed E-state index contributed by atoms with van der Waals surface area (Å²) in [6.45, 7) is 5.25. The number of benzene rings is 3. The van der Waals surface area contributed by atoms with E-state index in [9.17, 15) is 17.6 Å². The van der Waals surface area contributed by atoms with Crippen LogP contribution in [0.25, 0.3) is 0 Å². The van der Waals surface area contributed by atoms with Crippen LogP contribution in [0.3, 0.4) is 0 Å². The molecule has 1 unspecified atom stereocenters. The van der Waals surface area contributed by atoms with Crippen LogP contribution in [-0.4, -0.2) is 26.5 Å². The number of fused-ring (bicyclic) bond motifs is 1. The van der Waals surface area contributed by atoms with E-state index < -0.39 is 33.9 Å². The highest BCUT2D eigenvalue weighted by atomic mass is 32.2. The van der Waals surface area contributed by atoms with E-state index in [1.54, 1.807) is 18.2 Å². The molecule has 0 saturated carbocycles. The number of para-hydroxylation sites is 1. The largest absolute Gasteiger partial charge is 0.487 e. The molecule has 0 spiro atoms. The standard InChI is InChI=1S/C26H27FN2O4S/c1-18-13-14-20-22(16-26(2,3)33-24(20)15-18)28-25(30)17-29(23-12-8-7-11-21(23)27)34(31,32)19-9-5-4-6-10-19/h4-15,22H,16-17H2,1-3H3,(H,28,30). The normalized spacial score (nSPS) is 16.8. The summed E-state index contributed by atoms with van der Waals surface area (Å²) in [5, 5.41) is 2.95. The molecule has 0 aliphatic carbocycles. The number of rotatable bonds is 6. The zero-order valence-corrected chi connectivity index (χ0v) is 20.1. The number of carbonyl (C=O) groups is 1. The summed E-state index contributed by atoms with van der Waals surface area (Å²) in [6, 6.07) is 18.6. The molecule has 6 nitrogen and oxygen atoms in total. The molecule has 0 radical (unpaired) electrons. The Hall–Kier alpha value is -3.39. The summed E-state index contributed by atoms with van der Waals surface area (Å²) in [4.78, 5) is 13.2. The molecule has 0 fully saturated rings. The number of anilines is 1. The first kappa shape index (κ1) is 23.8. The zero-order valence-electron chi connectivity index (χ0n) is 19.3. The van der Waals surface area contributed by atoms with Crippen LogP contribution in [0.2, 0.25) is 0 Å². The second-order valence-corrected chi connectivity index (χ2v) is 10.9. The number of amides is 1. The molecule has 0 saturated heterocycles. The Balaban J connectivity index is 1.66. The van der Waals surface area contributed by atoms with Gasteiger partial charge in [0.2, 0.25) is 5.91 Å². The lowest BCUT2D eigenvalue weighted by Crippen LogP contribution is -2.45. The Kier molecular flexibility index (Phi) is 6.36. The molecule has 3 aromatic rings. The molecule has 1 atom stereocenters. The molecule has 178 valence electrons. The summed E-state index contributed by atoms with van der Waals surface area (Å²) in [5.74, 6) is -0.593. The molecule has 1 N–H and O–H groups in total. The smallest absolute Gasteiger partial charge is 0.264 e. The van der Waals surface area contributed by atoms with Crippen molar-refractivity contribution in [3.63, 3.8) is 0 Å². The molecule has 4 rings (SSSR count). The number of sulfonamides is 1. The van der Waals surface area contributed by atoms with Crippen molar-refractivity contribution in [2.45, 2.75) is 43.7 Å². The molecule has 1 aliphatic heterocycles. The maximum atomic E-state index is 14.7. The Morgan fingerprint density at radius 1 is 1.09 bits per heavy atom. The average Bonchev–Trinajstić information content (AvgIpc) is 2.77. The van der Waals surface area contributed by atoms with Gasteiger partial charge in [0.15, 0.2) is 0 Å². The lowest BCUT2D eigenvalue weighted by Gasteiger charge is -2.38. The van der Waals surface area contributed by atoms with Crippen LogP contribution >= 0.6 is 0 Å². The van der Waals surface area contributed by atoms with E-state index in [1.165, 1.54) is 36.4 Å². The van der Waals surface area contributed by atoms with Crippen molar-refractivity contribution in [3.8, 4) is 5.75 Å². The number of aryl methyl sites for hydroxylation is 1. The number of hydrogen-bond donors (Lipinski definition) is 1. The third-order valence-electron chi connectivity index (χ3n) is 5.70. The number of halogens is 1. The van der Waals surface area contributed by atoms with E-state index in [2.05, 4.69) is 5.32 Å². The fourth-order valence-corrected chi connectivity index (χ4v) is 5.58. The van der Waals surface area contributed by atoms with Crippen LogP contribution in [0.5, 0.6) is 5.75 Å². The van der Waals surface area contributed by atoms with Crippen molar-refractivity contribution in [1.29, 1.82) is 0 Å². The first-order valence-electron chi connectivity index (χ1n) is 11.0. The van der Waals surface area contributed by atoms with Gasteiger partial charge in [-0.15, -0.1) is 0 Å². The Bertz CT molecular complexity index is 1310. The first-order chi connectivity index (χ1) is 16.1. The van der Waals surface area contributed by atoms with E-state index in [0.717, 1.165) is 15.4 Å². The summed E-state index contributed by atoms with van der Waals surface area (Å²) < 4.78 is 48.4. The number of carbonyl (C=O) groups excluding carboxylic acids is 1. The highest BCUT2D eigenvalue weighted by Crippen LogP contribution is 2.40. The van der Waals surface area contributed by atoms with Crippen LogP contribution in [-0.2, 0) is 14.8 Å². The Morgan fingerprint density at radius 2 is 1.76 bits per heavy atom. The van der Waals surface area contributed by atoms with Crippen molar-refractivity contribution in [1.82, 2.24) is 5.32 Å². The van der Waals surface area contributed by atoms with Gasteiger partial charge in [-0.2, -0.15) is 0 Å². The van der Waals surface area contributed by atoms with Gasteiger partial charge in [0.1, 0.15) is 23.7 Å². The number of ether oxygens (including phenoxy) is 1. The highest BCUT2D eigenvalue weighted by molar-refractivity contribution is 7.92. The minimum absolute atomic E-state index is 0.0286. The van der Waals surface area contributed by atoms with Crippen molar-refractivity contribution in [3.05, 3.63) is 89.7 Å². The van der Waals surface area contributed by atoms with Crippen LogP contribution in [0, 0.1) is 12.7 Å². The fraction of sp³-hybridized carbons (Fsp3) is 0.269. The van der Waals surface area contributed by atoms with Gasteiger partial charge in [-0.05, 0) is 56.7 Å². The SMILES string of the molecule is Cc1ccc2c(c1)OC(C)(C)CC2NC(=O)CN(c1ccccc1F)S(=O)(=O)c1ccccc1. The minimum Gasteiger partial charge on any atom is -0.487 e. The zero-order chi connectivity index (χ0) is 24.5. The first-order valence-corrected chi connectivity index (χ1v) is 12.4. The summed E-state index contributed by atoms with van der Waals surface area (Å²) >= 11 is 0. The maximum Gasteiger partial charge on any atom is 0.264 e. The Labute approximate surface area is 199 Å². The van der Waals surface area contributed by atoms with Gasteiger partial charge in [-0.1, -0.05) is 42.5 Å². The predicted molar refractivity (Wildman–Crippen MR) is 129 cm³/mol. The van der Waals surface area contributed by atoms with E-state index >= 15 is 0 Å². The third-order valence-corrected chi connectivity index (χ3v) is 7.48. The summed E-state index contributed by atoms with van der Waals surface area (Å²) in [7, 11) is -4.19. The highest BCUT2D eigenvalue weighted by Gasteiger charge is 2.36. The van der Waals surface area contributed by atoms with Gasteiger partial charge < -0.3 is 10.1 Å². The average molecular weight is 483 g/mol. The van der Waals surface area contributed by atoms with E-state index in [-0.39, 0.29) is 16.6 Å². The maximum absolute atomic E-state index is 14.7. The lowest BCUT2D eigenvalue weighted by atomic mass is 9.89. The van der Waals surface area contributed by atoms with Gasteiger partial charge in [0, 0.05) is 12.0 Å². The van der Waals surface area contributed by atoms with Gasteiger partial charge in [-0.3, -0.25) is 9.10 Å². The molecule has 1 heterocycles. The quantitative estimate of drug-likeness (QED) is 0.550. The number of nitrogens with one attached hydrogen (secondary N) is 1. The lowest BCUT2D eigenvalue weighted by molar-refractivity contribution is -0.120. The minimum atomic E-state index is -4.19. The van der Waals surface area contributed by atoms with Gasteiger partial charge in [0.25, 0.3) is 10.0 Å². The molecule has 34 heavy (non-hydrogen) atoms. The fourth-order valence-electron chi connectivity index (χ4n) is 4.13. The topological polar surface area (TPSA) is 75.7 Å². The molecular formula is C26H27FN2O4S. The summed E-state index contributed by atoms with van der Waals surface area (Å²) in [6.07, 6.45) is 0.500. The third kappa shape index (κ3) is 4.92. The van der Waals surface area contributed by atoms with Crippen molar-refractivity contribution >= 4 is 21.6 Å². The Morgan fingerprint density at radius 3 is 2.47 bits per heavy atom. The predicted octanol–water partition coefficient (Wildman–Crippen LogP) is 4.75. The van der Waals surface area contributed by atoms with E-state index in [0.29, 0.717) is 12.2 Å². The molecule has 8 heteroatoms. The second-order valence-electron chi connectivity index (χ2n) is 9.00. The second kappa shape index (κ2) is 9.10. The van der Waals surface area contributed by atoms with Gasteiger partial charge >= 0.3 is 0 Å². The molecular weight excluding hydrogens is 455 g/mol. The van der Waals surface area contributed by atoms with Crippen molar-refractivity contribution < 1.29 is 22.3 Å². The monoisotopic (exact) mass is 482 g/mol. The van der Waals surface area contributed by atoms with Gasteiger partial charge in [-0.25, -0.2) is 12.8 Å². The van der Waals surface area contributed by atoms with Crippen LogP contribution in [0.1, 0.15) is 37.4 Å². The van der Waals surface area contributed by atoms with Crippen LogP contribution in [0.4, 0.5) is 10.1 Å². The van der Waals surface area contributed by atoms with Crippen LogP contribution in [0.15, 0.2) is 77.7 Å². The van der Waals surface area contributed by atoms with Crippen LogP contribution < -0.4 is 14.4 Å². The van der Waals surface area contributed by atoms with Crippen molar-refractivity contribution in [2.75, 3.05) is 10.8 Å². The van der Waals surface area contributed by atoms with Gasteiger partial charge in [0.05, 0.1) is 16.6 Å². The molecule has 0 bridgehead atoms. The van der Waals surface area contributed by atoms with Crippen molar-refractivity contribution in [2.24, 2.45) is 0 Å². The number of hydrogen-bond acceptors (Lipinski definition) is 4. The summed E-state index contributed by atoms with van der Waals surface area (Å²) in [5.41, 5.74) is 1.13. The molecule has 0 aromatic heterocycles. The van der Waals surface area contributed by atoms with E-state index in [1.807, 2.05) is 39.0 Å². The van der Waals surface area contributed by atoms with E-state index in [4.69, 9.17) is 4.74 Å². The molecule has 1 amide bonds. The molecule has 1 aliphatic rings. The number of nitrogens with zero attached hydrogens (tertiary/aromatic N) is 1.